The van der Waals surface area contributed by atoms with Crippen LogP contribution in [0.3, 0.4) is 0 Å². The maximum absolute atomic E-state index is 12.6. The first kappa shape index (κ1) is 18.2. The Bertz CT molecular complexity index is 785. The number of carbonyl (C=O) groups excluding carboxylic acids is 2. The minimum absolute atomic E-state index is 0.114. The molecule has 140 valence electrons. The lowest BCUT2D eigenvalue weighted by Gasteiger charge is -2.30. The van der Waals surface area contributed by atoms with E-state index in [1.807, 2.05) is 30.7 Å². The van der Waals surface area contributed by atoms with Crippen molar-refractivity contribution in [2.24, 2.45) is 5.92 Å². The number of hydrogen-bond donors (Lipinski definition) is 0. The van der Waals surface area contributed by atoms with E-state index >= 15 is 0 Å². The van der Waals surface area contributed by atoms with Crippen LogP contribution in [-0.2, 0) is 16.1 Å². The van der Waals surface area contributed by atoms with Crippen LogP contribution in [-0.4, -0.2) is 46.3 Å². The Labute approximate surface area is 152 Å². The van der Waals surface area contributed by atoms with Crippen molar-refractivity contribution < 1.29 is 18.7 Å². The summed E-state index contributed by atoms with van der Waals surface area (Å²) < 4.78 is 12.7. The fourth-order valence-electron chi connectivity index (χ4n) is 3.29. The van der Waals surface area contributed by atoms with Gasteiger partial charge in [0.1, 0.15) is 5.76 Å². The molecule has 0 saturated carbocycles. The zero-order valence-corrected chi connectivity index (χ0v) is 15.5. The highest BCUT2D eigenvalue weighted by Crippen LogP contribution is 2.21. The molecule has 0 aliphatic carbocycles. The van der Waals surface area contributed by atoms with Crippen LogP contribution in [0.1, 0.15) is 47.5 Å². The van der Waals surface area contributed by atoms with Crippen molar-refractivity contribution in [3.05, 3.63) is 41.1 Å². The highest BCUT2D eigenvalue weighted by molar-refractivity contribution is 5.91. The standard InChI is InChI=1S/C19H25N3O4/c1-4-25-19(24)15-7-9-21(10-8-15)18(23)17-6-5-16(26-17)12-22-14(3)11-13(2)20-22/h5-6,11,15H,4,7-10,12H2,1-3H3. The third-order valence-electron chi connectivity index (χ3n) is 4.68. The molecule has 26 heavy (non-hydrogen) atoms. The van der Waals surface area contributed by atoms with E-state index in [9.17, 15) is 9.59 Å². The SMILES string of the molecule is CCOC(=O)C1CCN(C(=O)c2ccc(Cn3nc(C)cc3C)o2)CC1. The fraction of sp³-hybridized carbons (Fsp3) is 0.526. The molecule has 1 amide bonds. The maximum atomic E-state index is 12.6. The van der Waals surface area contributed by atoms with Crippen LogP contribution in [0, 0.1) is 19.8 Å². The van der Waals surface area contributed by atoms with Gasteiger partial charge in [-0.2, -0.15) is 5.10 Å². The number of aromatic nitrogens is 2. The molecule has 0 atom stereocenters. The Hall–Kier alpha value is -2.57. The molecule has 1 saturated heterocycles. The van der Waals surface area contributed by atoms with Gasteiger partial charge in [0, 0.05) is 18.8 Å². The van der Waals surface area contributed by atoms with Gasteiger partial charge in [0.15, 0.2) is 5.76 Å². The predicted octanol–water partition coefficient (Wildman–Crippen LogP) is 2.56. The van der Waals surface area contributed by atoms with Crippen molar-refractivity contribution in [2.45, 2.75) is 40.2 Å². The molecule has 7 nitrogen and oxygen atoms in total. The Balaban J connectivity index is 1.58. The third kappa shape index (κ3) is 3.98. The number of furan rings is 1. The van der Waals surface area contributed by atoms with Gasteiger partial charge in [0.05, 0.1) is 24.8 Å². The van der Waals surface area contributed by atoms with E-state index in [-0.39, 0.29) is 17.8 Å². The zero-order valence-electron chi connectivity index (χ0n) is 15.5. The van der Waals surface area contributed by atoms with Crippen LogP contribution in [0.5, 0.6) is 0 Å². The first-order valence-electron chi connectivity index (χ1n) is 9.03. The highest BCUT2D eigenvalue weighted by Gasteiger charge is 2.29. The fourth-order valence-corrected chi connectivity index (χ4v) is 3.29. The van der Waals surface area contributed by atoms with Crippen molar-refractivity contribution in [2.75, 3.05) is 19.7 Å². The van der Waals surface area contributed by atoms with E-state index in [1.165, 1.54) is 0 Å². The molecule has 7 heteroatoms. The van der Waals surface area contributed by atoms with Gasteiger partial charge < -0.3 is 14.1 Å². The van der Waals surface area contributed by atoms with E-state index in [4.69, 9.17) is 9.15 Å². The second-order valence-corrected chi connectivity index (χ2v) is 6.67. The Kier molecular flexibility index (Phi) is 5.44. The van der Waals surface area contributed by atoms with Crippen LogP contribution in [0.25, 0.3) is 0 Å². The lowest BCUT2D eigenvalue weighted by Crippen LogP contribution is -2.40. The Morgan fingerprint density at radius 1 is 1.27 bits per heavy atom. The topological polar surface area (TPSA) is 77.6 Å². The number of amides is 1. The molecule has 0 radical (unpaired) electrons. The minimum Gasteiger partial charge on any atom is -0.466 e. The van der Waals surface area contributed by atoms with E-state index in [2.05, 4.69) is 5.10 Å². The number of aryl methyl sites for hydroxylation is 2. The molecule has 0 aromatic carbocycles. The van der Waals surface area contributed by atoms with Crippen LogP contribution >= 0.6 is 0 Å². The summed E-state index contributed by atoms with van der Waals surface area (Å²) in [6, 6.07) is 5.53. The molecule has 0 bridgehead atoms. The molecular formula is C19H25N3O4. The summed E-state index contributed by atoms with van der Waals surface area (Å²) >= 11 is 0. The summed E-state index contributed by atoms with van der Waals surface area (Å²) in [5.74, 6) is 0.617. The van der Waals surface area contributed by atoms with Crippen LogP contribution in [0.15, 0.2) is 22.6 Å². The first-order chi connectivity index (χ1) is 12.5. The molecule has 1 aliphatic rings. The number of carbonyl (C=O) groups is 2. The van der Waals surface area contributed by atoms with Gasteiger partial charge in [-0.1, -0.05) is 0 Å². The van der Waals surface area contributed by atoms with Crippen LogP contribution in [0.2, 0.25) is 0 Å². The lowest BCUT2D eigenvalue weighted by atomic mass is 9.97. The second-order valence-electron chi connectivity index (χ2n) is 6.67. The summed E-state index contributed by atoms with van der Waals surface area (Å²) in [5.41, 5.74) is 2.00. The number of hydrogen-bond acceptors (Lipinski definition) is 5. The summed E-state index contributed by atoms with van der Waals surface area (Å²) in [6.07, 6.45) is 1.26. The Morgan fingerprint density at radius 2 is 2.00 bits per heavy atom. The molecule has 1 fully saturated rings. The minimum atomic E-state index is -0.162. The number of piperidine rings is 1. The molecule has 2 aromatic rings. The summed E-state index contributed by atoms with van der Waals surface area (Å²) in [5, 5.41) is 4.41. The van der Waals surface area contributed by atoms with Crippen molar-refractivity contribution in [3.63, 3.8) is 0 Å². The number of esters is 1. The monoisotopic (exact) mass is 359 g/mol. The second kappa shape index (κ2) is 7.76. The van der Waals surface area contributed by atoms with Crippen LogP contribution < -0.4 is 0 Å². The quantitative estimate of drug-likeness (QED) is 0.767. The zero-order chi connectivity index (χ0) is 18.7. The molecule has 3 heterocycles. The van der Waals surface area contributed by atoms with E-state index in [0.29, 0.717) is 50.6 Å². The normalized spacial score (nSPS) is 15.3. The third-order valence-corrected chi connectivity index (χ3v) is 4.68. The average Bonchev–Trinajstić information content (AvgIpc) is 3.21. The van der Waals surface area contributed by atoms with Gasteiger partial charge >= 0.3 is 5.97 Å². The largest absolute Gasteiger partial charge is 0.466 e. The molecule has 2 aromatic heterocycles. The highest BCUT2D eigenvalue weighted by atomic mass is 16.5. The summed E-state index contributed by atoms with van der Waals surface area (Å²) in [6.45, 7) is 7.70. The number of ether oxygens (including phenoxy) is 1. The van der Waals surface area contributed by atoms with Crippen molar-refractivity contribution in [1.82, 2.24) is 14.7 Å². The maximum Gasteiger partial charge on any atom is 0.309 e. The number of nitrogens with zero attached hydrogens (tertiary/aromatic N) is 3. The van der Waals surface area contributed by atoms with Gasteiger partial charge in [-0.25, -0.2) is 0 Å². The van der Waals surface area contributed by atoms with Crippen LogP contribution in [0.4, 0.5) is 0 Å². The van der Waals surface area contributed by atoms with Gasteiger partial charge in [-0.3, -0.25) is 14.3 Å². The smallest absolute Gasteiger partial charge is 0.309 e. The van der Waals surface area contributed by atoms with Gasteiger partial charge in [-0.05, 0) is 51.8 Å². The van der Waals surface area contributed by atoms with Gasteiger partial charge in [0.25, 0.3) is 5.91 Å². The number of rotatable bonds is 5. The first-order valence-corrected chi connectivity index (χ1v) is 9.03. The molecule has 0 N–H and O–H groups in total. The number of likely N-dealkylation sites (tertiary alicyclic amines) is 1. The lowest BCUT2D eigenvalue weighted by molar-refractivity contribution is -0.149. The van der Waals surface area contributed by atoms with Gasteiger partial charge in [-0.15, -0.1) is 0 Å². The summed E-state index contributed by atoms with van der Waals surface area (Å²) in [4.78, 5) is 26.2. The van der Waals surface area contributed by atoms with Gasteiger partial charge in [0.2, 0.25) is 0 Å². The average molecular weight is 359 g/mol. The summed E-state index contributed by atoms with van der Waals surface area (Å²) in [7, 11) is 0. The molecule has 1 aliphatic heterocycles. The molecule has 3 rings (SSSR count). The van der Waals surface area contributed by atoms with Crippen molar-refractivity contribution >= 4 is 11.9 Å². The van der Waals surface area contributed by atoms with E-state index in [1.54, 1.807) is 17.9 Å². The molecular weight excluding hydrogens is 334 g/mol. The molecule has 0 spiro atoms. The molecule has 0 unspecified atom stereocenters. The van der Waals surface area contributed by atoms with Crippen molar-refractivity contribution in [1.29, 1.82) is 0 Å². The predicted molar refractivity (Wildman–Crippen MR) is 94.8 cm³/mol. The van der Waals surface area contributed by atoms with E-state index in [0.717, 1.165) is 11.4 Å². The van der Waals surface area contributed by atoms with Crippen molar-refractivity contribution in [3.8, 4) is 0 Å². The Morgan fingerprint density at radius 3 is 2.62 bits per heavy atom. The van der Waals surface area contributed by atoms with E-state index < -0.39 is 0 Å².